The molecule has 0 radical (unpaired) electrons. The number of ether oxygens (including phenoxy) is 2. The normalized spacial score (nSPS) is 16.1. The number of nitrogens with one attached hydrogen (secondary N) is 1. The summed E-state index contributed by atoms with van der Waals surface area (Å²) in [5.74, 6) is 0.533. The molecular formula is C19H19FN2O4S. The first-order valence-electron chi connectivity index (χ1n) is 8.21. The molecule has 1 N–H and O–H groups in total. The Kier molecular flexibility index (Phi) is 5.85. The van der Waals surface area contributed by atoms with Gasteiger partial charge in [0.2, 0.25) is 5.91 Å². The van der Waals surface area contributed by atoms with Crippen LogP contribution in [-0.4, -0.2) is 48.6 Å². The van der Waals surface area contributed by atoms with Gasteiger partial charge in [-0.05, 0) is 30.3 Å². The van der Waals surface area contributed by atoms with E-state index < -0.39 is 17.8 Å². The van der Waals surface area contributed by atoms with Crippen molar-refractivity contribution in [2.24, 2.45) is 0 Å². The van der Waals surface area contributed by atoms with Crippen LogP contribution in [0.5, 0.6) is 11.5 Å². The Morgan fingerprint density at radius 1 is 1.15 bits per heavy atom. The van der Waals surface area contributed by atoms with Gasteiger partial charge in [-0.1, -0.05) is 12.1 Å². The Labute approximate surface area is 160 Å². The second-order valence-electron chi connectivity index (χ2n) is 5.83. The maximum atomic E-state index is 13.8. The molecule has 0 bridgehead atoms. The first-order valence-corrected chi connectivity index (χ1v) is 9.36. The van der Waals surface area contributed by atoms with E-state index in [1.54, 1.807) is 30.3 Å². The van der Waals surface area contributed by atoms with Crippen molar-refractivity contribution in [2.75, 3.05) is 31.2 Å². The molecule has 27 heavy (non-hydrogen) atoms. The Balaban J connectivity index is 1.78. The van der Waals surface area contributed by atoms with Crippen molar-refractivity contribution in [3.8, 4) is 11.5 Å². The van der Waals surface area contributed by atoms with Crippen molar-refractivity contribution in [3.63, 3.8) is 0 Å². The Hall–Kier alpha value is -2.74. The molecule has 2 amide bonds. The second kappa shape index (κ2) is 8.30. The van der Waals surface area contributed by atoms with Gasteiger partial charge in [0.15, 0.2) is 11.5 Å². The minimum Gasteiger partial charge on any atom is -0.493 e. The number of rotatable bonds is 5. The van der Waals surface area contributed by atoms with Crippen LogP contribution in [0.4, 0.5) is 10.1 Å². The SMILES string of the molecule is COc1ccc(C(=O)N2CSCC2C(=O)Nc2ccccc2F)cc1OC. The average molecular weight is 390 g/mol. The Bertz CT molecular complexity index is 861. The molecule has 1 heterocycles. The van der Waals surface area contributed by atoms with E-state index in [-0.39, 0.29) is 11.6 Å². The summed E-state index contributed by atoms with van der Waals surface area (Å²) in [7, 11) is 3.00. The lowest BCUT2D eigenvalue weighted by Gasteiger charge is -2.23. The molecule has 1 aliphatic rings. The first-order chi connectivity index (χ1) is 13.0. The molecule has 1 saturated heterocycles. The van der Waals surface area contributed by atoms with E-state index in [2.05, 4.69) is 5.32 Å². The largest absolute Gasteiger partial charge is 0.493 e. The van der Waals surface area contributed by atoms with Gasteiger partial charge in [0.05, 0.1) is 25.8 Å². The van der Waals surface area contributed by atoms with Gasteiger partial charge in [-0.3, -0.25) is 9.59 Å². The van der Waals surface area contributed by atoms with Gasteiger partial charge in [-0.25, -0.2) is 4.39 Å². The predicted octanol–water partition coefficient (Wildman–Crippen LogP) is 3.00. The molecule has 0 spiro atoms. The molecule has 0 saturated carbocycles. The van der Waals surface area contributed by atoms with Crippen molar-refractivity contribution in [2.45, 2.75) is 6.04 Å². The summed E-state index contributed by atoms with van der Waals surface area (Å²) in [5.41, 5.74) is 0.483. The van der Waals surface area contributed by atoms with E-state index >= 15 is 0 Å². The molecule has 8 heteroatoms. The lowest BCUT2D eigenvalue weighted by molar-refractivity contribution is -0.119. The summed E-state index contributed by atoms with van der Waals surface area (Å²) in [6.45, 7) is 0. The molecular weight excluding hydrogens is 371 g/mol. The number of halogens is 1. The zero-order valence-electron chi connectivity index (χ0n) is 14.9. The van der Waals surface area contributed by atoms with Gasteiger partial charge in [-0.2, -0.15) is 0 Å². The molecule has 142 valence electrons. The maximum absolute atomic E-state index is 13.8. The number of amides is 2. The van der Waals surface area contributed by atoms with E-state index in [0.717, 1.165) is 0 Å². The van der Waals surface area contributed by atoms with Crippen molar-refractivity contribution in [1.29, 1.82) is 0 Å². The minimum atomic E-state index is -0.685. The average Bonchev–Trinajstić information content (AvgIpc) is 3.18. The quantitative estimate of drug-likeness (QED) is 0.850. The molecule has 1 atom stereocenters. The molecule has 0 aliphatic carbocycles. The number of nitrogens with zero attached hydrogens (tertiary/aromatic N) is 1. The monoisotopic (exact) mass is 390 g/mol. The van der Waals surface area contributed by atoms with E-state index in [9.17, 15) is 14.0 Å². The van der Waals surface area contributed by atoms with Gasteiger partial charge in [0.25, 0.3) is 5.91 Å². The molecule has 1 aliphatic heterocycles. The fraction of sp³-hybridized carbons (Fsp3) is 0.263. The number of carbonyl (C=O) groups is 2. The Morgan fingerprint density at radius 3 is 2.59 bits per heavy atom. The number of anilines is 1. The summed E-state index contributed by atoms with van der Waals surface area (Å²) in [5, 5.41) is 2.56. The van der Waals surface area contributed by atoms with Crippen LogP contribution < -0.4 is 14.8 Å². The second-order valence-corrected chi connectivity index (χ2v) is 6.83. The topological polar surface area (TPSA) is 67.9 Å². The van der Waals surface area contributed by atoms with Crippen molar-refractivity contribution in [1.82, 2.24) is 4.90 Å². The molecule has 1 unspecified atom stereocenters. The molecule has 2 aromatic rings. The van der Waals surface area contributed by atoms with Crippen molar-refractivity contribution < 1.29 is 23.5 Å². The number of carbonyl (C=O) groups excluding carboxylic acids is 2. The zero-order valence-corrected chi connectivity index (χ0v) is 15.7. The van der Waals surface area contributed by atoms with Crippen LogP contribution in [0, 0.1) is 5.82 Å². The third-order valence-corrected chi connectivity index (χ3v) is 5.22. The number of hydrogen-bond acceptors (Lipinski definition) is 5. The third kappa shape index (κ3) is 4.00. The summed E-state index contributed by atoms with van der Waals surface area (Å²) in [6, 6.07) is 10.1. The smallest absolute Gasteiger partial charge is 0.255 e. The van der Waals surface area contributed by atoms with Gasteiger partial charge < -0.3 is 19.7 Å². The molecule has 0 aromatic heterocycles. The van der Waals surface area contributed by atoms with Crippen LogP contribution in [-0.2, 0) is 4.79 Å². The van der Waals surface area contributed by atoms with E-state index in [1.807, 2.05) is 0 Å². The van der Waals surface area contributed by atoms with E-state index in [4.69, 9.17) is 9.47 Å². The minimum absolute atomic E-state index is 0.0953. The molecule has 6 nitrogen and oxygen atoms in total. The molecule has 2 aromatic carbocycles. The fourth-order valence-electron chi connectivity index (χ4n) is 2.77. The van der Waals surface area contributed by atoms with Gasteiger partial charge in [0.1, 0.15) is 11.9 Å². The fourth-order valence-corrected chi connectivity index (χ4v) is 3.93. The van der Waals surface area contributed by atoms with E-state index in [0.29, 0.717) is 28.7 Å². The van der Waals surface area contributed by atoms with Crippen molar-refractivity contribution in [3.05, 3.63) is 53.8 Å². The number of benzene rings is 2. The predicted molar refractivity (Wildman–Crippen MR) is 102 cm³/mol. The van der Waals surface area contributed by atoms with Gasteiger partial charge in [-0.15, -0.1) is 11.8 Å². The standard InChI is InChI=1S/C19H19FN2O4S/c1-25-16-8-7-12(9-17(16)26-2)19(24)22-11-27-10-15(22)18(23)21-14-6-4-3-5-13(14)20/h3-9,15H,10-11H2,1-2H3,(H,21,23). The summed E-state index contributed by atoms with van der Waals surface area (Å²) >= 11 is 1.47. The number of hydrogen-bond donors (Lipinski definition) is 1. The summed E-state index contributed by atoms with van der Waals surface area (Å²) in [4.78, 5) is 27.0. The molecule has 3 rings (SSSR count). The first kappa shape index (κ1) is 19.0. The highest BCUT2D eigenvalue weighted by Crippen LogP contribution is 2.30. The van der Waals surface area contributed by atoms with Crippen LogP contribution in [0.25, 0.3) is 0 Å². The summed E-state index contributed by atoms with van der Waals surface area (Å²) < 4.78 is 24.2. The third-order valence-electron chi connectivity index (χ3n) is 4.21. The number of methoxy groups -OCH3 is 2. The van der Waals surface area contributed by atoms with Crippen LogP contribution in [0.2, 0.25) is 0 Å². The highest BCUT2D eigenvalue weighted by Gasteiger charge is 2.35. The lowest BCUT2D eigenvalue weighted by Crippen LogP contribution is -2.44. The Morgan fingerprint density at radius 2 is 1.89 bits per heavy atom. The van der Waals surface area contributed by atoms with E-state index in [1.165, 1.54) is 43.0 Å². The van der Waals surface area contributed by atoms with Crippen molar-refractivity contribution >= 4 is 29.3 Å². The summed E-state index contributed by atoms with van der Waals surface area (Å²) in [6.07, 6.45) is 0. The number of thioether (sulfide) groups is 1. The van der Waals surface area contributed by atoms with Crippen LogP contribution in [0.3, 0.4) is 0 Å². The van der Waals surface area contributed by atoms with Crippen LogP contribution >= 0.6 is 11.8 Å². The van der Waals surface area contributed by atoms with Crippen LogP contribution in [0.1, 0.15) is 10.4 Å². The highest BCUT2D eigenvalue weighted by molar-refractivity contribution is 7.99. The van der Waals surface area contributed by atoms with Gasteiger partial charge >= 0.3 is 0 Å². The highest BCUT2D eigenvalue weighted by atomic mass is 32.2. The number of para-hydroxylation sites is 1. The van der Waals surface area contributed by atoms with Crippen LogP contribution in [0.15, 0.2) is 42.5 Å². The lowest BCUT2D eigenvalue weighted by atomic mass is 10.1. The van der Waals surface area contributed by atoms with Gasteiger partial charge in [0, 0.05) is 11.3 Å². The zero-order chi connectivity index (χ0) is 19.4. The molecule has 1 fully saturated rings. The maximum Gasteiger partial charge on any atom is 0.255 e.